The Labute approximate surface area is 164 Å². The molecule has 26 heavy (non-hydrogen) atoms. The fraction of sp³-hybridized carbons (Fsp3) is 0.773. The number of unbranched alkanes of at least 4 members (excludes halogenated alkanes) is 14. The van der Waals surface area contributed by atoms with Gasteiger partial charge in [0, 0.05) is 11.4 Å². The molecule has 3 nitrogen and oxygen atoms in total. The topological polar surface area (TPSA) is 46.5 Å². The molecule has 0 spiro atoms. The van der Waals surface area contributed by atoms with Crippen molar-refractivity contribution in [1.29, 1.82) is 0 Å². The van der Waals surface area contributed by atoms with Crippen molar-refractivity contribution in [1.82, 2.24) is 0 Å². The second kappa shape index (κ2) is 16.2. The van der Waals surface area contributed by atoms with Crippen molar-refractivity contribution < 1.29 is 14.6 Å². The average Bonchev–Trinajstić information content (AvgIpc) is 3.10. The highest BCUT2D eigenvalue weighted by Crippen LogP contribution is 2.23. The molecule has 150 valence electrons. The second-order valence-corrected chi connectivity index (χ2v) is 8.13. The molecule has 0 amide bonds. The fourth-order valence-corrected chi connectivity index (χ4v) is 3.91. The lowest BCUT2D eigenvalue weighted by Crippen LogP contribution is -1.96. The minimum atomic E-state index is -0.886. The lowest BCUT2D eigenvalue weighted by Gasteiger charge is -2.04. The van der Waals surface area contributed by atoms with Crippen molar-refractivity contribution >= 4 is 17.3 Å². The van der Waals surface area contributed by atoms with Crippen LogP contribution in [0.4, 0.5) is 0 Å². The van der Waals surface area contributed by atoms with E-state index >= 15 is 0 Å². The van der Waals surface area contributed by atoms with Crippen LogP contribution in [0.3, 0.4) is 0 Å². The number of aromatic carboxylic acids is 1. The van der Waals surface area contributed by atoms with E-state index in [1.54, 1.807) is 11.4 Å². The van der Waals surface area contributed by atoms with E-state index in [-0.39, 0.29) is 0 Å². The Kier molecular flexibility index (Phi) is 14.3. The first-order chi connectivity index (χ1) is 12.7. The molecule has 0 aliphatic carbocycles. The van der Waals surface area contributed by atoms with Crippen molar-refractivity contribution in [3.05, 3.63) is 17.0 Å². The van der Waals surface area contributed by atoms with Crippen LogP contribution in [0.1, 0.15) is 114 Å². The summed E-state index contributed by atoms with van der Waals surface area (Å²) in [5, 5.41) is 11.2. The van der Waals surface area contributed by atoms with Crippen LogP contribution in [0.15, 0.2) is 11.4 Å². The van der Waals surface area contributed by atoms with Crippen LogP contribution in [0.2, 0.25) is 0 Å². The fourth-order valence-electron chi connectivity index (χ4n) is 3.15. The van der Waals surface area contributed by atoms with Crippen LogP contribution < -0.4 is 4.74 Å². The zero-order chi connectivity index (χ0) is 18.9. The van der Waals surface area contributed by atoms with E-state index in [4.69, 9.17) is 9.84 Å². The minimum Gasteiger partial charge on any atom is -0.484 e. The van der Waals surface area contributed by atoms with Gasteiger partial charge in [0.2, 0.25) is 0 Å². The molecule has 0 aliphatic heterocycles. The molecule has 1 heterocycles. The van der Waals surface area contributed by atoms with Crippen LogP contribution in [0.25, 0.3) is 0 Å². The van der Waals surface area contributed by atoms with E-state index in [2.05, 4.69) is 6.92 Å². The highest BCUT2D eigenvalue weighted by atomic mass is 32.1. The predicted octanol–water partition coefficient (Wildman–Crippen LogP) is 7.70. The molecule has 0 saturated heterocycles. The quantitative estimate of drug-likeness (QED) is 0.265. The average molecular weight is 383 g/mol. The van der Waals surface area contributed by atoms with E-state index < -0.39 is 5.97 Å². The summed E-state index contributed by atoms with van der Waals surface area (Å²) >= 11 is 1.36. The van der Waals surface area contributed by atoms with E-state index in [0.717, 1.165) is 6.42 Å². The Morgan fingerprint density at radius 3 is 1.73 bits per heavy atom. The summed E-state index contributed by atoms with van der Waals surface area (Å²) in [6, 6.07) is 1.61. The van der Waals surface area contributed by atoms with Crippen LogP contribution >= 0.6 is 11.3 Å². The largest absolute Gasteiger partial charge is 0.484 e. The first-order valence-electron chi connectivity index (χ1n) is 10.7. The third-order valence-corrected chi connectivity index (χ3v) is 5.65. The van der Waals surface area contributed by atoms with E-state index in [0.29, 0.717) is 17.2 Å². The molecule has 1 aromatic rings. The summed E-state index contributed by atoms with van der Waals surface area (Å²) < 4.78 is 5.61. The maximum absolute atomic E-state index is 10.8. The first-order valence-corrected chi connectivity index (χ1v) is 11.6. The lowest BCUT2D eigenvalue weighted by atomic mass is 10.0. The normalized spacial score (nSPS) is 11.0. The monoisotopic (exact) mass is 382 g/mol. The van der Waals surface area contributed by atoms with Gasteiger partial charge in [0.05, 0.1) is 12.2 Å². The molecule has 0 aliphatic rings. The summed E-state index contributed by atoms with van der Waals surface area (Å²) in [6.07, 6.45) is 20.4. The standard InChI is InChI=1S/C22H38O3S/c1-2-3-4-5-6-7-8-9-10-11-12-13-14-15-16-17-25-21-18-20(19-26-21)22(23)24/h18-19H,2-17H2,1H3,(H,23,24). The van der Waals surface area contributed by atoms with Gasteiger partial charge >= 0.3 is 5.97 Å². The summed E-state index contributed by atoms with van der Waals surface area (Å²) in [4.78, 5) is 10.8. The number of ether oxygens (including phenoxy) is 1. The number of hydrogen-bond acceptors (Lipinski definition) is 3. The molecule has 1 aromatic heterocycles. The molecular formula is C22H38O3S. The number of carboxylic acids is 1. The van der Waals surface area contributed by atoms with Crippen LogP contribution in [0.5, 0.6) is 5.06 Å². The molecule has 0 atom stereocenters. The second-order valence-electron chi connectivity index (χ2n) is 7.26. The van der Waals surface area contributed by atoms with Gasteiger partial charge in [-0.2, -0.15) is 0 Å². The molecule has 0 unspecified atom stereocenters. The number of carboxylic acid groups (broad SMARTS) is 1. The van der Waals surface area contributed by atoms with Gasteiger partial charge in [-0.05, 0) is 6.42 Å². The third-order valence-electron chi connectivity index (χ3n) is 4.81. The molecule has 1 N–H and O–H groups in total. The van der Waals surface area contributed by atoms with Crippen molar-refractivity contribution in [2.24, 2.45) is 0 Å². The van der Waals surface area contributed by atoms with Gasteiger partial charge in [-0.3, -0.25) is 0 Å². The molecular weight excluding hydrogens is 344 g/mol. The third kappa shape index (κ3) is 12.3. The van der Waals surface area contributed by atoms with Gasteiger partial charge < -0.3 is 9.84 Å². The highest BCUT2D eigenvalue weighted by molar-refractivity contribution is 7.12. The first kappa shape index (κ1) is 23.0. The molecule has 0 bridgehead atoms. The van der Waals surface area contributed by atoms with Gasteiger partial charge in [-0.25, -0.2) is 4.79 Å². The molecule has 0 saturated carbocycles. The Hall–Kier alpha value is -1.03. The summed E-state index contributed by atoms with van der Waals surface area (Å²) in [5.41, 5.74) is 0.321. The Morgan fingerprint density at radius 1 is 0.846 bits per heavy atom. The number of carbonyl (C=O) groups is 1. The summed E-state index contributed by atoms with van der Waals surface area (Å²) in [5.74, 6) is -0.886. The summed E-state index contributed by atoms with van der Waals surface area (Å²) in [7, 11) is 0. The van der Waals surface area contributed by atoms with Gasteiger partial charge in [0.15, 0.2) is 5.06 Å². The Morgan fingerprint density at radius 2 is 1.31 bits per heavy atom. The molecule has 0 fully saturated rings. The zero-order valence-electron chi connectivity index (χ0n) is 16.6. The highest BCUT2D eigenvalue weighted by Gasteiger charge is 2.06. The molecule has 4 heteroatoms. The number of rotatable bonds is 18. The number of thiophene rings is 1. The molecule has 1 rings (SSSR count). The Bertz CT molecular complexity index is 456. The summed E-state index contributed by atoms with van der Waals surface area (Å²) in [6.45, 7) is 2.97. The van der Waals surface area contributed by atoms with Crippen LogP contribution in [-0.2, 0) is 0 Å². The van der Waals surface area contributed by atoms with Gasteiger partial charge in [0.25, 0.3) is 0 Å². The Balaban J connectivity index is 1.77. The van der Waals surface area contributed by atoms with E-state index in [1.165, 1.54) is 101 Å². The smallest absolute Gasteiger partial charge is 0.336 e. The van der Waals surface area contributed by atoms with Crippen molar-refractivity contribution in [3.63, 3.8) is 0 Å². The lowest BCUT2D eigenvalue weighted by molar-refractivity contribution is 0.0697. The van der Waals surface area contributed by atoms with Gasteiger partial charge in [-0.1, -0.05) is 96.8 Å². The van der Waals surface area contributed by atoms with Crippen LogP contribution in [0, 0.1) is 0 Å². The van der Waals surface area contributed by atoms with Gasteiger partial charge in [-0.15, -0.1) is 11.3 Å². The van der Waals surface area contributed by atoms with E-state index in [9.17, 15) is 4.79 Å². The molecule has 0 aromatic carbocycles. The minimum absolute atomic E-state index is 0.321. The number of hydrogen-bond donors (Lipinski definition) is 1. The zero-order valence-corrected chi connectivity index (χ0v) is 17.5. The SMILES string of the molecule is CCCCCCCCCCCCCCCCCOc1cc(C(=O)O)cs1. The van der Waals surface area contributed by atoms with E-state index in [1.807, 2.05) is 0 Å². The van der Waals surface area contributed by atoms with Crippen molar-refractivity contribution in [2.45, 2.75) is 103 Å². The van der Waals surface area contributed by atoms with Gasteiger partial charge in [0.1, 0.15) is 0 Å². The maximum atomic E-state index is 10.8. The van der Waals surface area contributed by atoms with Crippen LogP contribution in [-0.4, -0.2) is 17.7 Å². The molecule has 0 radical (unpaired) electrons. The van der Waals surface area contributed by atoms with Crippen molar-refractivity contribution in [2.75, 3.05) is 6.61 Å². The maximum Gasteiger partial charge on any atom is 0.336 e. The predicted molar refractivity (Wildman–Crippen MR) is 112 cm³/mol. The van der Waals surface area contributed by atoms with Crippen molar-refractivity contribution in [3.8, 4) is 5.06 Å².